The summed E-state index contributed by atoms with van der Waals surface area (Å²) in [5.41, 5.74) is 0.470. The van der Waals surface area contributed by atoms with Crippen molar-refractivity contribution >= 4 is 17.1 Å². The first-order valence-electron chi connectivity index (χ1n) is 5.14. The van der Waals surface area contributed by atoms with Crippen LogP contribution in [0.3, 0.4) is 0 Å². The van der Waals surface area contributed by atoms with Gasteiger partial charge in [0.25, 0.3) is 0 Å². The second-order valence-corrected chi connectivity index (χ2v) is 4.53. The van der Waals surface area contributed by atoms with E-state index in [0.717, 1.165) is 4.88 Å². The molecule has 0 atom stereocenters. The fourth-order valence-electron chi connectivity index (χ4n) is 1.36. The molecule has 0 radical (unpaired) electrons. The van der Waals surface area contributed by atoms with Crippen molar-refractivity contribution in [3.05, 3.63) is 58.0 Å². The first-order valence-corrected chi connectivity index (χ1v) is 6.02. The van der Waals surface area contributed by atoms with Gasteiger partial charge in [0.15, 0.2) is 5.78 Å². The van der Waals surface area contributed by atoms with Crippen molar-refractivity contribution in [3.63, 3.8) is 0 Å². The Labute approximate surface area is 103 Å². The van der Waals surface area contributed by atoms with E-state index >= 15 is 0 Å². The maximum atomic E-state index is 12.6. The maximum Gasteiger partial charge on any atom is 0.188 e. The Kier molecular flexibility index (Phi) is 4.01. The minimum atomic E-state index is -0.346. The number of carbonyl (C=O) groups excluding carboxylic acids is 1. The van der Waals surface area contributed by atoms with Gasteiger partial charge in [-0.2, -0.15) is 0 Å². The van der Waals surface area contributed by atoms with Gasteiger partial charge in [0.2, 0.25) is 0 Å². The zero-order chi connectivity index (χ0) is 12.1. The van der Waals surface area contributed by atoms with E-state index in [2.05, 4.69) is 0 Å². The van der Waals surface area contributed by atoms with Crippen LogP contribution < -0.4 is 0 Å². The van der Waals surface area contributed by atoms with Gasteiger partial charge in [-0.25, -0.2) is 4.39 Å². The maximum absolute atomic E-state index is 12.6. The summed E-state index contributed by atoms with van der Waals surface area (Å²) >= 11 is 1.59. The van der Waals surface area contributed by atoms with Gasteiger partial charge in [0.1, 0.15) is 12.4 Å². The average molecular weight is 250 g/mol. The highest BCUT2D eigenvalue weighted by Crippen LogP contribution is 2.10. The molecule has 17 heavy (non-hydrogen) atoms. The summed E-state index contributed by atoms with van der Waals surface area (Å²) in [6.07, 6.45) is 0. The lowest BCUT2D eigenvalue weighted by Gasteiger charge is -2.02. The van der Waals surface area contributed by atoms with Crippen molar-refractivity contribution in [2.45, 2.75) is 6.61 Å². The molecule has 0 saturated heterocycles. The molecule has 88 valence electrons. The monoisotopic (exact) mass is 250 g/mol. The standard InChI is InChI=1S/C13H11FO2S/c14-11-5-3-10(4-6-11)13(15)9-16-8-12-2-1-7-17-12/h1-7H,8-9H2. The number of carbonyl (C=O) groups is 1. The predicted octanol–water partition coefficient (Wildman–Crippen LogP) is 3.29. The van der Waals surface area contributed by atoms with E-state index in [9.17, 15) is 9.18 Å². The number of hydrogen-bond acceptors (Lipinski definition) is 3. The van der Waals surface area contributed by atoms with Gasteiger partial charge < -0.3 is 4.74 Å². The topological polar surface area (TPSA) is 26.3 Å². The predicted molar refractivity (Wildman–Crippen MR) is 64.7 cm³/mol. The number of thiophene rings is 1. The van der Waals surface area contributed by atoms with E-state index in [1.165, 1.54) is 24.3 Å². The Morgan fingerprint density at radius 2 is 2.00 bits per heavy atom. The van der Waals surface area contributed by atoms with E-state index in [4.69, 9.17) is 4.74 Å². The van der Waals surface area contributed by atoms with E-state index in [1.807, 2.05) is 17.5 Å². The molecule has 0 unspecified atom stereocenters. The highest BCUT2D eigenvalue weighted by molar-refractivity contribution is 7.09. The third-order valence-electron chi connectivity index (χ3n) is 2.22. The first kappa shape index (κ1) is 12.0. The highest BCUT2D eigenvalue weighted by Gasteiger charge is 2.06. The van der Waals surface area contributed by atoms with Crippen LogP contribution in [0.5, 0.6) is 0 Å². The Balaban J connectivity index is 1.83. The quantitative estimate of drug-likeness (QED) is 0.761. The van der Waals surface area contributed by atoms with Crippen LogP contribution in [-0.2, 0) is 11.3 Å². The van der Waals surface area contributed by atoms with E-state index in [0.29, 0.717) is 12.2 Å². The lowest BCUT2D eigenvalue weighted by molar-refractivity contribution is 0.0731. The third kappa shape index (κ3) is 3.47. The van der Waals surface area contributed by atoms with E-state index < -0.39 is 0 Å². The number of benzene rings is 1. The van der Waals surface area contributed by atoms with Crippen LogP contribution in [0.2, 0.25) is 0 Å². The van der Waals surface area contributed by atoms with Crippen LogP contribution in [0.15, 0.2) is 41.8 Å². The van der Waals surface area contributed by atoms with Crippen molar-refractivity contribution < 1.29 is 13.9 Å². The van der Waals surface area contributed by atoms with Gasteiger partial charge >= 0.3 is 0 Å². The number of halogens is 1. The molecule has 0 bridgehead atoms. The van der Waals surface area contributed by atoms with Crippen molar-refractivity contribution in [1.29, 1.82) is 0 Å². The molecule has 1 aromatic carbocycles. The minimum Gasteiger partial charge on any atom is -0.368 e. The lowest BCUT2D eigenvalue weighted by atomic mass is 10.1. The zero-order valence-corrected chi connectivity index (χ0v) is 9.87. The second kappa shape index (κ2) is 5.70. The van der Waals surface area contributed by atoms with Crippen LogP contribution in [0.1, 0.15) is 15.2 Å². The molecule has 2 aromatic rings. The molecule has 0 saturated carbocycles. The molecule has 2 rings (SSSR count). The number of ketones is 1. The molecule has 0 fully saturated rings. The van der Waals surface area contributed by atoms with E-state index in [-0.39, 0.29) is 18.2 Å². The summed E-state index contributed by atoms with van der Waals surface area (Å²) in [5, 5.41) is 1.96. The SMILES string of the molecule is O=C(COCc1cccs1)c1ccc(F)cc1. The molecule has 0 N–H and O–H groups in total. The number of Topliss-reactive ketones (excluding diaryl/α,β-unsaturated/α-hetero) is 1. The number of rotatable bonds is 5. The molecule has 0 aliphatic heterocycles. The molecular formula is C13H11FO2S. The van der Waals surface area contributed by atoms with Crippen LogP contribution >= 0.6 is 11.3 Å². The van der Waals surface area contributed by atoms with Crippen molar-refractivity contribution in [2.24, 2.45) is 0 Å². The van der Waals surface area contributed by atoms with Gasteiger partial charge in [-0.3, -0.25) is 4.79 Å². The van der Waals surface area contributed by atoms with Crippen molar-refractivity contribution in [1.82, 2.24) is 0 Å². The molecule has 2 nitrogen and oxygen atoms in total. The van der Waals surface area contributed by atoms with Gasteiger partial charge in [-0.05, 0) is 35.7 Å². The summed E-state index contributed by atoms with van der Waals surface area (Å²) in [7, 11) is 0. The van der Waals surface area contributed by atoms with Gasteiger partial charge in [0.05, 0.1) is 6.61 Å². The molecule has 0 aliphatic carbocycles. The third-order valence-corrected chi connectivity index (χ3v) is 3.07. The number of ether oxygens (including phenoxy) is 1. The molecule has 1 aromatic heterocycles. The molecule has 0 spiro atoms. The fourth-order valence-corrected chi connectivity index (χ4v) is 2.00. The molecule has 0 amide bonds. The molecule has 1 heterocycles. The van der Waals surface area contributed by atoms with E-state index in [1.54, 1.807) is 11.3 Å². The molecule has 4 heteroatoms. The van der Waals surface area contributed by atoms with Crippen LogP contribution in [0, 0.1) is 5.82 Å². The Hall–Kier alpha value is -1.52. The largest absolute Gasteiger partial charge is 0.368 e. The van der Waals surface area contributed by atoms with Gasteiger partial charge in [-0.1, -0.05) is 6.07 Å². The fraction of sp³-hybridized carbons (Fsp3) is 0.154. The summed E-state index contributed by atoms with van der Waals surface area (Å²) in [5.74, 6) is -0.484. The lowest BCUT2D eigenvalue weighted by Crippen LogP contribution is -2.08. The second-order valence-electron chi connectivity index (χ2n) is 3.50. The van der Waals surface area contributed by atoms with Crippen molar-refractivity contribution in [3.8, 4) is 0 Å². The minimum absolute atomic E-state index is 0.0174. The zero-order valence-electron chi connectivity index (χ0n) is 9.06. The van der Waals surface area contributed by atoms with Gasteiger partial charge in [-0.15, -0.1) is 11.3 Å². The summed E-state index contributed by atoms with van der Waals surface area (Å²) in [6.45, 7) is 0.453. The summed E-state index contributed by atoms with van der Waals surface area (Å²) < 4.78 is 17.9. The summed E-state index contributed by atoms with van der Waals surface area (Å²) in [6, 6.07) is 9.36. The molecule has 0 aliphatic rings. The van der Waals surface area contributed by atoms with Gasteiger partial charge in [0, 0.05) is 10.4 Å². The van der Waals surface area contributed by atoms with Crippen LogP contribution in [-0.4, -0.2) is 12.4 Å². The van der Waals surface area contributed by atoms with Crippen LogP contribution in [0.25, 0.3) is 0 Å². The Bertz CT molecular complexity index is 477. The molecular weight excluding hydrogens is 239 g/mol. The van der Waals surface area contributed by atoms with Crippen LogP contribution in [0.4, 0.5) is 4.39 Å². The number of hydrogen-bond donors (Lipinski definition) is 0. The highest BCUT2D eigenvalue weighted by atomic mass is 32.1. The Morgan fingerprint density at radius 1 is 1.24 bits per heavy atom. The smallest absolute Gasteiger partial charge is 0.188 e. The Morgan fingerprint density at radius 3 is 2.65 bits per heavy atom. The normalized spacial score (nSPS) is 10.4. The average Bonchev–Trinajstić information content (AvgIpc) is 2.83. The first-order chi connectivity index (χ1) is 8.25. The summed E-state index contributed by atoms with van der Waals surface area (Å²) in [4.78, 5) is 12.7. The van der Waals surface area contributed by atoms with Crippen molar-refractivity contribution in [2.75, 3.05) is 6.61 Å².